The van der Waals surface area contributed by atoms with E-state index < -0.39 is 4.92 Å². The maximum absolute atomic E-state index is 10.4. The van der Waals surface area contributed by atoms with Crippen molar-refractivity contribution in [1.29, 1.82) is 0 Å². The molecular weight excluding hydrogens is 240 g/mol. The van der Waals surface area contributed by atoms with Gasteiger partial charge in [0.05, 0.1) is 9.40 Å². The summed E-state index contributed by atoms with van der Waals surface area (Å²) in [6, 6.07) is 4.34. The van der Waals surface area contributed by atoms with Crippen molar-refractivity contribution in [3.05, 3.63) is 32.8 Å². The number of rotatable bonds is 3. The maximum Gasteiger partial charge on any atom is 0.285 e. The van der Waals surface area contributed by atoms with E-state index in [1.165, 1.54) is 12.1 Å². The molecule has 0 fully saturated rings. The molecule has 0 bridgehead atoms. The van der Waals surface area contributed by atoms with Crippen LogP contribution in [0.25, 0.3) is 0 Å². The van der Waals surface area contributed by atoms with Gasteiger partial charge in [-0.3, -0.25) is 14.9 Å². The Balaban J connectivity index is 3.10. The van der Waals surface area contributed by atoms with Gasteiger partial charge in [0.2, 0.25) is 6.41 Å². The third kappa shape index (κ3) is 2.25. The Hall–Kier alpha value is -1.43. The summed E-state index contributed by atoms with van der Waals surface area (Å²) in [6.07, 6.45) is 0.465. The molecule has 0 unspecified atom stereocenters. The Labute approximate surface area is 82.0 Å². The molecule has 1 rings (SSSR count). The van der Waals surface area contributed by atoms with Crippen LogP contribution in [0.4, 0.5) is 11.4 Å². The highest BCUT2D eigenvalue weighted by atomic mass is 79.9. The predicted molar refractivity (Wildman–Crippen MR) is 50.5 cm³/mol. The third-order valence-corrected chi connectivity index (χ3v) is 2.04. The van der Waals surface area contributed by atoms with Gasteiger partial charge in [0.25, 0.3) is 5.69 Å². The van der Waals surface area contributed by atoms with Crippen LogP contribution in [0.2, 0.25) is 0 Å². The SMILES string of the molecule is O=CNc1ccc(Br)c([N+](=O)[O-])c1. The molecule has 1 amide bonds. The number of halogens is 1. The summed E-state index contributed by atoms with van der Waals surface area (Å²) in [5.74, 6) is 0. The molecule has 68 valence electrons. The first kappa shape index (κ1) is 9.66. The Bertz CT molecular complexity index is 354. The predicted octanol–water partition coefficient (Wildman–Crippen LogP) is 1.93. The van der Waals surface area contributed by atoms with Gasteiger partial charge in [0, 0.05) is 11.8 Å². The zero-order valence-corrected chi connectivity index (χ0v) is 7.95. The molecular formula is C7H5BrN2O3. The Morgan fingerprint density at radius 1 is 1.54 bits per heavy atom. The molecule has 0 aliphatic rings. The van der Waals surface area contributed by atoms with Gasteiger partial charge in [-0.05, 0) is 28.1 Å². The van der Waals surface area contributed by atoms with Crippen LogP contribution in [0.5, 0.6) is 0 Å². The van der Waals surface area contributed by atoms with Crippen LogP contribution in [-0.4, -0.2) is 11.3 Å². The number of hydrogen-bond donors (Lipinski definition) is 1. The van der Waals surface area contributed by atoms with E-state index in [2.05, 4.69) is 21.2 Å². The van der Waals surface area contributed by atoms with Gasteiger partial charge in [-0.15, -0.1) is 0 Å². The molecule has 13 heavy (non-hydrogen) atoms. The zero-order chi connectivity index (χ0) is 9.84. The Morgan fingerprint density at radius 3 is 2.77 bits per heavy atom. The summed E-state index contributed by atoms with van der Waals surface area (Å²) in [4.78, 5) is 20.0. The van der Waals surface area contributed by atoms with E-state index >= 15 is 0 Å². The summed E-state index contributed by atoms with van der Waals surface area (Å²) in [6.45, 7) is 0. The quantitative estimate of drug-likeness (QED) is 0.502. The van der Waals surface area contributed by atoms with Crippen molar-refractivity contribution in [3.63, 3.8) is 0 Å². The lowest BCUT2D eigenvalue weighted by Crippen LogP contribution is -1.95. The monoisotopic (exact) mass is 244 g/mol. The fraction of sp³-hybridized carbons (Fsp3) is 0. The van der Waals surface area contributed by atoms with Gasteiger partial charge in [0.15, 0.2) is 0 Å². The van der Waals surface area contributed by atoms with Gasteiger partial charge >= 0.3 is 0 Å². The van der Waals surface area contributed by atoms with Crippen LogP contribution < -0.4 is 5.32 Å². The number of anilines is 1. The van der Waals surface area contributed by atoms with Crippen molar-refractivity contribution in [1.82, 2.24) is 0 Å². The van der Waals surface area contributed by atoms with Crippen LogP contribution in [0.3, 0.4) is 0 Å². The Morgan fingerprint density at radius 2 is 2.23 bits per heavy atom. The molecule has 0 aliphatic carbocycles. The molecule has 0 saturated carbocycles. The summed E-state index contributed by atoms with van der Waals surface area (Å²) in [5, 5.41) is 12.8. The minimum atomic E-state index is -0.528. The molecule has 0 saturated heterocycles. The largest absolute Gasteiger partial charge is 0.328 e. The van der Waals surface area contributed by atoms with E-state index in [0.717, 1.165) is 0 Å². The van der Waals surface area contributed by atoms with Gasteiger partial charge in [-0.25, -0.2) is 0 Å². The lowest BCUT2D eigenvalue weighted by Gasteiger charge is -1.99. The van der Waals surface area contributed by atoms with Gasteiger partial charge in [0.1, 0.15) is 0 Å². The summed E-state index contributed by atoms with van der Waals surface area (Å²) >= 11 is 3.02. The smallest absolute Gasteiger partial charge is 0.285 e. The first-order valence-electron chi connectivity index (χ1n) is 3.29. The normalized spacial score (nSPS) is 9.31. The average molecular weight is 245 g/mol. The number of nitrogens with zero attached hydrogens (tertiary/aromatic N) is 1. The third-order valence-electron chi connectivity index (χ3n) is 1.37. The van der Waals surface area contributed by atoms with Crippen LogP contribution in [0.1, 0.15) is 0 Å². The molecule has 0 heterocycles. The Kier molecular flexibility index (Phi) is 2.97. The van der Waals surface area contributed by atoms with Crippen molar-refractivity contribution in [3.8, 4) is 0 Å². The average Bonchev–Trinajstić information content (AvgIpc) is 2.08. The molecule has 0 aromatic heterocycles. The second kappa shape index (κ2) is 3.99. The van der Waals surface area contributed by atoms with E-state index in [1.54, 1.807) is 6.07 Å². The number of nitrogens with one attached hydrogen (secondary N) is 1. The number of benzene rings is 1. The second-order valence-electron chi connectivity index (χ2n) is 2.19. The van der Waals surface area contributed by atoms with Gasteiger partial charge in [-0.2, -0.15) is 0 Å². The fourth-order valence-corrected chi connectivity index (χ4v) is 1.20. The summed E-state index contributed by atoms with van der Waals surface area (Å²) in [5.41, 5.74) is 0.316. The zero-order valence-electron chi connectivity index (χ0n) is 6.36. The fourth-order valence-electron chi connectivity index (χ4n) is 0.810. The standard InChI is InChI=1S/C7H5BrN2O3/c8-6-2-1-5(9-4-11)3-7(6)10(12)13/h1-4H,(H,9,11). The molecule has 1 aromatic rings. The van der Waals surface area contributed by atoms with Crippen molar-refractivity contribution < 1.29 is 9.72 Å². The van der Waals surface area contributed by atoms with Crippen LogP contribution in [0, 0.1) is 10.1 Å². The van der Waals surface area contributed by atoms with E-state index in [9.17, 15) is 14.9 Å². The number of carbonyl (C=O) groups excluding carboxylic acids is 1. The van der Waals surface area contributed by atoms with Crippen molar-refractivity contribution in [2.75, 3.05) is 5.32 Å². The minimum Gasteiger partial charge on any atom is -0.328 e. The molecule has 1 aromatic carbocycles. The molecule has 0 atom stereocenters. The van der Waals surface area contributed by atoms with E-state index in [4.69, 9.17) is 0 Å². The molecule has 5 nitrogen and oxygen atoms in total. The minimum absolute atomic E-state index is 0.0770. The van der Waals surface area contributed by atoms with Crippen molar-refractivity contribution in [2.24, 2.45) is 0 Å². The molecule has 6 heteroatoms. The second-order valence-corrected chi connectivity index (χ2v) is 3.04. The van der Waals surface area contributed by atoms with Crippen molar-refractivity contribution >= 4 is 33.7 Å². The van der Waals surface area contributed by atoms with Crippen molar-refractivity contribution in [2.45, 2.75) is 0 Å². The molecule has 1 N–H and O–H groups in total. The van der Waals surface area contributed by atoms with Gasteiger partial charge in [-0.1, -0.05) is 0 Å². The van der Waals surface area contributed by atoms with Gasteiger partial charge < -0.3 is 5.32 Å². The highest BCUT2D eigenvalue weighted by Gasteiger charge is 2.11. The number of nitro benzene ring substituents is 1. The first-order chi connectivity index (χ1) is 6.15. The van der Waals surface area contributed by atoms with Crippen LogP contribution in [0.15, 0.2) is 22.7 Å². The highest BCUT2D eigenvalue weighted by molar-refractivity contribution is 9.10. The number of nitro groups is 1. The van der Waals surface area contributed by atoms with E-state index in [0.29, 0.717) is 16.6 Å². The highest BCUT2D eigenvalue weighted by Crippen LogP contribution is 2.27. The topological polar surface area (TPSA) is 72.2 Å². The maximum atomic E-state index is 10.4. The van der Waals surface area contributed by atoms with Crippen LogP contribution >= 0.6 is 15.9 Å². The molecule has 0 aliphatic heterocycles. The van der Waals surface area contributed by atoms with Crippen LogP contribution in [-0.2, 0) is 4.79 Å². The van der Waals surface area contributed by atoms with E-state index in [-0.39, 0.29) is 5.69 Å². The molecule has 0 radical (unpaired) electrons. The lowest BCUT2D eigenvalue weighted by molar-refractivity contribution is -0.385. The number of amides is 1. The van der Waals surface area contributed by atoms with E-state index in [1.807, 2.05) is 0 Å². The molecule has 0 spiro atoms. The summed E-state index contributed by atoms with van der Waals surface area (Å²) < 4.78 is 0.383. The number of carbonyl (C=O) groups is 1. The lowest BCUT2D eigenvalue weighted by atomic mass is 10.3. The number of hydrogen-bond acceptors (Lipinski definition) is 3. The first-order valence-corrected chi connectivity index (χ1v) is 4.08. The summed E-state index contributed by atoms with van der Waals surface area (Å²) in [7, 11) is 0.